The topological polar surface area (TPSA) is 64.4 Å². The van der Waals surface area contributed by atoms with Crippen LogP contribution in [0.15, 0.2) is 42.5 Å². The molecule has 0 bridgehead atoms. The lowest BCUT2D eigenvalue weighted by molar-refractivity contribution is -0.384. The molecule has 0 spiro atoms. The van der Waals surface area contributed by atoms with Crippen LogP contribution >= 0.6 is 0 Å². The number of hydrogen-bond acceptors (Lipinski definition) is 4. The van der Waals surface area contributed by atoms with Crippen LogP contribution in [0, 0.1) is 17.0 Å². The molecule has 0 saturated heterocycles. The van der Waals surface area contributed by atoms with Gasteiger partial charge < -0.3 is 10.1 Å². The fourth-order valence-corrected chi connectivity index (χ4v) is 1.93. The molecule has 1 N–H and O–H groups in total. The van der Waals surface area contributed by atoms with E-state index in [1.54, 1.807) is 12.1 Å². The van der Waals surface area contributed by atoms with E-state index >= 15 is 0 Å². The highest BCUT2D eigenvalue weighted by molar-refractivity contribution is 5.43. The highest BCUT2D eigenvalue weighted by Crippen LogP contribution is 2.28. The molecular weight excluding hydrogens is 256 g/mol. The molecule has 0 aliphatic rings. The molecule has 5 nitrogen and oxygen atoms in total. The molecule has 2 aromatic carbocycles. The van der Waals surface area contributed by atoms with Crippen molar-refractivity contribution in [2.45, 2.75) is 13.5 Å². The van der Waals surface area contributed by atoms with E-state index in [9.17, 15) is 10.1 Å². The normalized spacial score (nSPS) is 10.3. The number of non-ortho nitro benzene ring substituents is 1. The number of nitrogens with zero attached hydrogens (tertiary/aromatic N) is 1. The van der Waals surface area contributed by atoms with Gasteiger partial charge in [-0.2, -0.15) is 0 Å². The molecule has 0 fully saturated rings. The molecule has 0 saturated carbocycles. The standard InChI is InChI=1S/C15H16N2O3/c1-11-8-12(10-16-2)6-7-15(11)20-14-5-3-4-13(9-14)17(18)19/h3-9,16H,10H2,1-2H3. The second kappa shape index (κ2) is 6.16. The monoisotopic (exact) mass is 272 g/mol. The molecule has 2 aromatic rings. The summed E-state index contributed by atoms with van der Waals surface area (Å²) < 4.78 is 5.71. The van der Waals surface area contributed by atoms with Gasteiger partial charge in [-0.25, -0.2) is 0 Å². The number of benzene rings is 2. The third kappa shape index (κ3) is 3.33. The van der Waals surface area contributed by atoms with E-state index in [0.717, 1.165) is 17.7 Å². The van der Waals surface area contributed by atoms with Crippen LogP contribution in [0.1, 0.15) is 11.1 Å². The lowest BCUT2D eigenvalue weighted by atomic mass is 10.1. The first kappa shape index (κ1) is 14.0. The predicted octanol–water partition coefficient (Wildman–Crippen LogP) is 3.41. The van der Waals surface area contributed by atoms with Gasteiger partial charge in [-0.05, 0) is 37.2 Å². The van der Waals surface area contributed by atoms with Crippen LogP contribution in [0.4, 0.5) is 5.69 Å². The largest absolute Gasteiger partial charge is 0.457 e. The number of aryl methyl sites for hydroxylation is 1. The van der Waals surface area contributed by atoms with E-state index in [-0.39, 0.29) is 5.69 Å². The molecule has 104 valence electrons. The maximum atomic E-state index is 10.7. The molecule has 0 atom stereocenters. The van der Waals surface area contributed by atoms with Gasteiger partial charge in [-0.1, -0.05) is 18.2 Å². The Labute approximate surface area is 117 Å². The number of nitrogens with one attached hydrogen (secondary N) is 1. The van der Waals surface area contributed by atoms with Crippen molar-refractivity contribution >= 4 is 5.69 Å². The number of hydrogen-bond donors (Lipinski definition) is 1. The quantitative estimate of drug-likeness (QED) is 0.669. The first-order chi connectivity index (χ1) is 9.60. The van der Waals surface area contributed by atoms with Gasteiger partial charge >= 0.3 is 0 Å². The molecule has 0 unspecified atom stereocenters. The van der Waals surface area contributed by atoms with Crippen LogP contribution in [0.2, 0.25) is 0 Å². The van der Waals surface area contributed by atoms with Crippen LogP contribution in [-0.4, -0.2) is 12.0 Å². The number of rotatable bonds is 5. The van der Waals surface area contributed by atoms with Gasteiger partial charge in [0.05, 0.1) is 11.0 Å². The third-order valence-corrected chi connectivity index (χ3v) is 2.88. The van der Waals surface area contributed by atoms with Gasteiger partial charge in [0, 0.05) is 12.6 Å². The summed E-state index contributed by atoms with van der Waals surface area (Å²) in [6.07, 6.45) is 0. The predicted molar refractivity (Wildman–Crippen MR) is 77.1 cm³/mol. The zero-order valence-corrected chi connectivity index (χ0v) is 11.4. The summed E-state index contributed by atoms with van der Waals surface area (Å²) in [4.78, 5) is 10.3. The van der Waals surface area contributed by atoms with Crippen molar-refractivity contribution < 1.29 is 9.66 Å². The minimum absolute atomic E-state index is 0.0203. The smallest absolute Gasteiger partial charge is 0.273 e. The van der Waals surface area contributed by atoms with Crippen molar-refractivity contribution in [2.24, 2.45) is 0 Å². The lowest BCUT2D eigenvalue weighted by Gasteiger charge is -2.10. The minimum Gasteiger partial charge on any atom is -0.457 e. The highest BCUT2D eigenvalue weighted by atomic mass is 16.6. The van der Waals surface area contributed by atoms with Crippen molar-refractivity contribution in [3.63, 3.8) is 0 Å². The first-order valence-corrected chi connectivity index (χ1v) is 6.26. The third-order valence-electron chi connectivity index (χ3n) is 2.88. The van der Waals surface area contributed by atoms with Gasteiger partial charge in [-0.3, -0.25) is 10.1 Å². The Morgan fingerprint density at radius 1 is 1.25 bits per heavy atom. The van der Waals surface area contributed by atoms with Crippen LogP contribution in [-0.2, 0) is 6.54 Å². The fraction of sp³-hybridized carbons (Fsp3) is 0.200. The summed E-state index contributed by atoms with van der Waals surface area (Å²) in [5.74, 6) is 1.16. The van der Waals surface area contributed by atoms with Crippen LogP contribution in [0.5, 0.6) is 11.5 Å². The summed E-state index contributed by atoms with van der Waals surface area (Å²) in [6, 6.07) is 12.0. The Balaban J connectivity index is 2.21. The second-order valence-electron chi connectivity index (χ2n) is 4.49. The average Bonchev–Trinajstić information content (AvgIpc) is 2.42. The van der Waals surface area contributed by atoms with E-state index in [0.29, 0.717) is 11.5 Å². The molecule has 0 radical (unpaired) electrons. The fourth-order valence-electron chi connectivity index (χ4n) is 1.93. The Morgan fingerprint density at radius 3 is 2.70 bits per heavy atom. The molecule has 2 rings (SSSR count). The molecule has 5 heteroatoms. The highest BCUT2D eigenvalue weighted by Gasteiger charge is 2.08. The first-order valence-electron chi connectivity index (χ1n) is 6.26. The zero-order chi connectivity index (χ0) is 14.5. The van der Waals surface area contributed by atoms with Gasteiger partial charge in [0.1, 0.15) is 11.5 Å². The van der Waals surface area contributed by atoms with Gasteiger partial charge in [0.2, 0.25) is 0 Å². The molecule has 20 heavy (non-hydrogen) atoms. The maximum Gasteiger partial charge on any atom is 0.273 e. The van der Waals surface area contributed by atoms with E-state index in [2.05, 4.69) is 5.32 Å². The van der Waals surface area contributed by atoms with Gasteiger partial charge in [-0.15, -0.1) is 0 Å². The molecule has 0 aromatic heterocycles. The van der Waals surface area contributed by atoms with Crippen molar-refractivity contribution in [2.75, 3.05) is 7.05 Å². The van der Waals surface area contributed by atoms with Crippen molar-refractivity contribution in [1.82, 2.24) is 5.32 Å². The summed E-state index contributed by atoms with van der Waals surface area (Å²) in [5, 5.41) is 13.8. The Bertz CT molecular complexity index is 626. The van der Waals surface area contributed by atoms with Gasteiger partial charge in [0.15, 0.2) is 0 Å². The number of nitro groups is 1. The van der Waals surface area contributed by atoms with E-state index in [1.165, 1.54) is 12.1 Å². The summed E-state index contributed by atoms with van der Waals surface area (Å²) in [5.41, 5.74) is 2.17. The van der Waals surface area contributed by atoms with Crippen molar-refractivity contribution in [1.29, 1.82) is 0 Å². The van der Waals surface area contributed by atoms with Crippen molar-refractivity contribution in [3.8, 4) is 11.5 Å². The molecule has 0 aliphatic carbocycles. The summed E-state index contributed by atoms with van der Waals surface area (Å²) >= 11 is 0. The van der Waals surface area contributed by atoms with Crippen LogP contribution in [0.3, 0.4) is 0 Å². The Morgan fingerprint density at radius 2 is 2.05 bits per heavy atom. The maximum absolute atomic E-state index is 10.7. The second-order valence-corrected chi connectivity index (χ2v) is 4.49. The SMILES string of the molecule is CNCc1ccc(Oc2cccc([N+](=O)[O-])c2)c(C)c1. The zero-order valence-electron chi connectivity index (χ0n) is 11.4. The van der Waals surface area contributed by atoms with E-state index in [1.807, 2.05) is 32.2 Å². The summed E-state index contributed by atoms with van der Waals surface area (Å²) in [6.45, 7) is 2.74. The van der Waals surface area contributed by atoms with Crippen LogP contribution < -0.4 is 10.1 Å². The molecule has 0 heterocycles. The Hall–Kier alpha value is -2.40. The Kier molecular flexibility index (Phi) is 4.32. The minimum atomic E-state index is -0.435. The number of ether oxygens (including phenoxy) is 1. The van der Waals surface area contributed by atoms with Crippen LogP contribution in [0.25, 0.3) is 0 Å². The van der Waals surface area contributed by atoms with E-state index < -0.39 is 4.92 Å². The molecular formula is C15H16N2O3. The van der Waals surface area contributed by atoms with E-state index in [4.69, 9.17) is 4.74 Å². The lowest BCUT2D eigenvalue weighted by Crippen LogP contribution is -2.05. The van der Waals surface area contributed by atoms with Crippen molar-refractivity contribution in [3.05, 3.63) is 63.7 Å². The summed E-state index contributed by atoms with van der Waals surface area (Å²) in [7, 11) is 1.89. The number of nitro benzene ring substituents is 1. The molecule has 0 aliphatic heterocycles. The molecule has 0 amide bonds. The van der Waals surface area contributed by atoms with Gasteiger partial charge in [0.25, 0.3) is 5.69 Å². The average molecular weight is 272 g/mol.